The molecule has 1 amide bonds. The number of para-hydroxylation sites is 1. The summed E-state index contributed by atoms with van der Waals surface area (Å²) in [6.07, 6.45) is 5.62. The van der Waals surface area contributed by atoms with Crippen LogP contribution in [0.4, 0.5) is 4.79 Å². The van der Waals surface area contributed by atoms with Crippen LogP contribution in [0.3, 0.4) is 0 Å². The summed E-state index contributed by atoms with van der Waals surface area (Å²) < 4.78 is 16.5. The summed E-state index contributed by atoms with van der Waals surface area (Å²) in [6, 6.07) is 11.5. The molecule has 0 spiro atoms. The molecule has 10 heteroatoms. The number of aromatic nitrogens is 3. The lowest BCUT2D eigenvalue weighted by Gasteiger charge is -2.46. The van der Waals surface area contributed by atoms with Crippen molar-refractivity contribution in [1.82, 2.24) is 29.9 Å². The van der Waals surface area contributed by atoms with Gasteiger partial charge in [-0.2, -0.15) is 0 Å². The van der Waals surface area contributed by atoms with Crippen molar-refractivity contribution in [2.75, 3.05) is 46.6 Å². The second kappa shape index (κ2) is 12.4. The van der Waals surface area contributed by atoms with Crippen molar-refractivity contribution in [3.63, 3.8) is 0 Å². The predicted octanol–water partition coefficient (Wildman–Crippen LogP) is 5.39. The normalized spacial score (nSPS) is 23.7. The number of hydrogen-bond donors (Lipinski definition) is 1. The molecular weight excluding hydrogens is 544 g/mol. The molecule has 1 aliphatic carbocycles. The number of fused-ring (bicyclic) bond motifs is 3. The first-order valence-electron chi connectivity index (χ1n) is 15.8. The molecule has 10 nitrogen and oxygen atoms in total. The van der Waals surface area contributed by atoms with Gasteiger partial charge in [0, 0.05) is 81.0 Å². The van der Waals surface area contributed by atoms with E-state index in [-0.39, 0.29) is 12.9 Å². The van der Waals surface area contributed by atoms with Gasteiger partial charge in [0.15, 0.2) is 12.4 Å². The number of methoxy groups -OCH3 is 1. The summed E-state index contributed by atoms with van der Waals surface area (Å²) in [5.41, 5.74) is 4.75. The van der Waals surface area contributed by atoms with Crippen LogP contribution >= 0.6 is 0 Å². The van der Waals surface area contributed by atoms with E-state index >= 15 is 0 Å². The zero-order chi connectivity index (χ0) is 30.1. The van der Waals surface area contributed by atoms with Gasteiger partial charge in [-0.25, -0.2) is 4.79 Å². The Labute approximate surface area is 254 Å². The smallest absolute Gasteiger partial charge is 0.410 e. The number of aromatic amines is 1. The van der Waals surface area contributed by atoms with Crippen LogP contribution in [0.1, 0.15) is 70.7 Å². The SMILES string of the molecule is COCOc1ccccc1-c1cc2c3c([nH]c2nn1)CCN(C1CCC(N2CCN(C(=O)OC(C)(C)C)CC2)CC1)[C@@H]3C. The highest BCUT2D eigenvalue weighted by Crippen LogP contribution is 2.40. The van der Waals surface area contributed by atoms with Crippen LogP contribution in [0.5, 0.6) is 5.75 Å². The third-order valence-corrected chi connectivity index (χ3v) is 9.33. The van der Waals surface area contributed by atoms with Crippen molar-refractivity contribution in [2.24, 2.45) is 0 Å². The van der Waals surface area contributed by atoms with E-state index in [1.807, 2.05) is 49.9 Å². The first-order chi connectivity index (χ1) is 20.7. The van der Waals surface area contributed by atoms with Crippen molar-refractivity contribution < 1.29 is 19.0 Å². The Morgan fingerprint density at radius 1 is 1.00 bits per heavy atom. The highest BCUT2D eigenvalue weighted by molar-refractivity contribution is 5.86. The van der Waals surface area contributed by atoms with Gasteiger partial charge in [-0.3, -0.25) is 9.80 Å². The number of carbonyl (C=O) groups is 1. The maximum absolute atomic E-state index is 12.5. The van der Waals surface area contributed by atoms with E-state index < -0.39 is 5.60 Å². The minimum Gasteiger partial charge on any atom is -0.467 e. The minimum atomic E-state index is -0.453. The highest BCUT2D eigenvalue weighted by atomic mass is 16.7. The van der Waals surface area contributed by atoms with Crippen molar-refractivity contribution in [2.45, 2.75) is 83.5 Å². The first kappa shape index (κ1) is 29.8. The summed E-state index contributed by atoms with van der Waals surface area (Å²) in [5, 5.41) is 10.3. The molecule has 1 saturated heterocycles. The molecule has 6 rings (SSSR count). The quantitative estimate of drug-likeness (QED) is 0.382. The maximum Gasteiger partial charge on any atom is 0.410 e. The molecule has 232 valence electrons. The lowest BCUT2D eigenvalue weighted by molar-refractivity contribution is 0.00445. The third kappa shape index (κ3) is 6.37. The van der Waals surface area contributed by atoms with Crippen molar-refractivity contribution in [1.29, 1.82) is 0 Å². The summed E-state index contributed by atoms with van der Waals surface area (Å²) in [4.78, 5) is 23.3. The van der Waals surface area contributed by atoms with Gasteiger partial charge >= 0.3 is 6.09 Å². The maximum atomic E-state index is 12.5. The number of amides is 1. The average Bonchev–Trinajstić information content (AvgIpc) is 3.38. The van der Waals surface area contributed by atoms with Gasteiger partial charge < -0.3 is 24.1 Å². The lowest BCUT2D eigenvalue weighted by Crippen LogP contribution is -2.54. The van der Waals surface area contributed by atoms with Crippen molar-refractivity contribution in [3.05, 3.63) is 41.6 Å². The van der Waals surface area contributed by atoms with E-state index in [2.05, 4.69) is 38.0 Å². The summed E-state index contributed by atoms with van der Waals surface area (Å²) in [6.45, 7) is 12.7. The van der Waals surface area contributed by atoms with Gasteiger partial charge in [0.2, 0.25) is 0 Å². The molecule has 4 heterocycles. The van der Waals surface area contributed by atoms with Crippen LogP contribution < -0.4 is 4.74 Å². The molecule has 2 fully saturated rings. The molecule has 1 atom stereocenters. The van der Waals surface area contributed by atoms with E-state index in [1.165, 1.54) is 36.9 Å². The fourth-order valence-corrected chi connectivity index (χ4v) is 7.24. The van der Waals surface area contributed by atoms with Gasteiger partial charge in [-0.15, -0.1) is 10.2 Å². The Kier molecular flexibility index (Phi) is 8.62. The molecule has 1 saturated carbocycles. The first-order valence-corrected chi connectivity index (χ1v) is 15.8. The van der Waals surface area contributed by atoms with E-state index in [9.17, 15) is 4.79 Å². The Morgan fingerprint density at radius 3 is 2.44 bits per heavy atom. The molecule has 0 unspecified atom stereocenters. The number of hydrogen-bond acceptors (Lipinski definition) is 8. The Morgan fingerprint density at radius 2 is 1.72 bits per heavy atom. The van der Waals surface area contributed by atoms with Gasteiger partial charge in [0.1, 0.15) is 11.4 Å². The van der Waals surface area contributed by atoms with Gasteiger partial charge in [0.05, 0.1) is 5.69 Å². The van der Waals surface area contributed by atoms with Crippen LogP contribution in [-0.2, 0) is 15.9 Å². The van der Waals surface area contributed by atoms with Crippen LogP contribution in [0.15, 0.2) is 30.3 Å². The number of rotatable bonds is 6. The molecule has 3 aromatic rings. The Bertz CT molecular complexity index is 1420. The molecule has 0 radical (unpaired) electrons. The predicted molar refractivity (Wildman–Crippen MR) is 166 cm³/mol. The van der Waals surface area contributed by atoms with Crippen molar-refractivity contribution >= 4 is 17.1 Å². The number of H-pyrrole nitrogens is 1. The lowest BCUT2D eigenvalue weighted by atomic mass is 9.86. The van der Waals surface area contributed by atoms with Crippen LogP contribution in [0, 0.1) is 0 Å². The number of nitrogens with one attached hydrogen (secondary N) is 1. The van der Waals surface area contributed by atoms with E-state index in [4.69, 9.17) is 14.2 Å². The van der Waals surface area contributed by atoms with Gasteiger partial charge in [-0.05, 0) is 77.1 Å². The second-order valence-corrected chi connectivity index (χ2v) is 13.2. The fourth-order valence-electron chi connectivity index (χ4n) is 7.24. The topological polar surface area (TPSA) is 96.0 Å². The minimum absolute atomic E-state index is 0.183. The highest BCUT2D eigenvalue weighted by Gasteiger charge is 2.37. The van der Waals surface area contributed by atoms with E-state index in [0.717, 1.165) is 67.2 Å². The number of benzene rings is 1. The largest absolute Gasteiger partial charge is 0.467 e. The third-order valence-electron chi connectivity index (χ3n) is 9.33. The zero-order valence-electron chi connectivity index (χ0n) is 26.3. The Balaban J connectivity index is 1.11. The van der Waals surface area contributed by atoms with Gasteiger partial charge in [-0.1, -0.05) is 12.1 Å². The van der Waals surface area contributed by atoms with Crippen LogP contribution in [0.25, 0.3) is 22.3 Å². The summed E-state index contributed by atoms with van der Waals surface area (Å²) in [5.74, 6) is 0.736. The molecule has 2 aromatic heterocycles. The fraction of sp³-hybridized carbons (Fsp3) is 0.606. The molecule has 1 N–H and O–H groups in total. The molecule has 3 aliphatic rings. The summed E-state index contributed by atoms with van der Waals surface area (Å²) in [7, 11) is 1.62. The number of ether oxygens (including phenoxy) is 3. The Hall–Kier alpha value is -3.21. The molecule has 0 bridgehead atoms. The van der Waals surface area contributed by atoms with E-state index in [0.29, 0.717) is 18.1 Å². The standard InChI is InChI=1S/C33H46N6O4/c1-22-30-26-20-28(25-8-6-7-9-29(25)42-21-41-5)35-36-31(26)34-27(30)14-15-39(22)24-12-10-23(11-13-24)37-16-18-38(19-17-37)32(40)43-33(2,3)4/h6-9,20,22-24H,10-19,21H2,1-5H3,(H,34,36)/t22-,23?,24?/m1/s1. The second-order valence-electron chi connectivity index (χ2n) is 13.2. The van der Waals surface area contributed by atoms with Crippen LogP contribution in [-0.4, -0.2) is 100 Å². The molecule has 1 aromatic carbocycles. The number of nitrogens with zero attached hydrogens (tertiary/aromatic N) is 5. The van der Waals surface area contributed by atoms with Crippen molar-refractivity contribution in [3.8, 4) is 17.0 Å². The average molecular weight is 591 g/mol. The zero-order valence-corrected chi connectivity index (χ0v) is 26.3. The molecule has 43 heavy (non-hydrogen) atoms. The summed E-state index contributed by atoms with van der Waals surface area (Å²) >= 11 is 0. The molecular formula is C33H46N6O4. The number of carbonyl (C=O) groups excluding carboxylic acids is 1. The molecule has 2 aliphatic heterocycles. The monoisotopic (exact) mass is 590 g/mol. The van der Waals surface area contributed by atoms with Crippen LogP contribution in [0.2, 0.25) is 0 Å². The van der Waals surface area contributed by atoms with Gasteiger partial charge in [0.25, 0.3) is 0 Å². The van der Waals surface area contributed by atoms with E-state index in [1.54, 1.807) is 7.11 Å². The number of piperazine rings is 1.